The minimum Gasteiger partial charge on any atom is -0.349 e. The molecule has 12 heteroatoms. The summed E-state index contributed by atoms with van der Waals surface area (Å²) in [5.74, 6) is -2.77. The molecule has 4 aromatic rings. The van der Waals surface area contributed by atoms with Gasteiger partial charge in [-0.05, 0) is 43.2 Å². The van der Waals surface area contributed by atoms with Gasteiger partial charge in [-0.2, -0.15) is 0 Å². The predicted molar refractivity (Wildman–Crippen MR) is 127 cm³/mol. The number of aryl methyl sites for hydroxylation is 1. The van der Waals surface area contributed by atoms with E-state index in [4.69, 9.17) is 0 Å². The Morgan fingerprint density at radius 2 is 1.83 bits per heavy atom. The van der Waals surface area contributed by atoms with E-state index in [0.29, 0.717) is 0 Å². The molecule has 10 nitrogen and oxygen atoms in total. The summed E-state index contributed by atoms with van der Waals surface area (Å²) in [7, 11) is 1.43. The summed E-state index contributed by atoms with van der Waals surface area (Å²) in [4.78, 5) is 51.4. The van der Waals surface area contributed by atoms with Crippen LogP contribution < -0.4 is 21.9 Å². The molecule has 0 bridgehead atoms. The fourth-order valence-corrected chi connectivity index (χ4v) is 4.50. The van der Waals surface area contributed by atoms with Gasteiger partial charge in [0.1, 0.15) is 18.2 Å². The minimum atomic E-state index is -0.844. The number of nitrogens with one attached hydrogen (secondary N) is 2. The first-order valence-electron chi connectivity index (χ1n) is 11.4. The molecule has 186 valence electrons. The van der Waals surface area contributed by atoms with Crippen molar-refractivity contribution >= 4 is 34.2 Å². The first-order valence-corrected chi connectivity index (χ1v) is 11.4. The largest absolute Gasteiger partial charge is 0.352 e. The van der Waals surface area contributed by atoms with Crippen LogP contribution >= 0.6 is 0 Å². The second-order valence-electron chi connectivity index (χ2n) is 8.80. The zero-order chi connectivity index (χ0) is 25.6. The van der Waals surface area contributed by atoms with E-state index in [9.17, 15) is 28.0 Å². The number of hydrogen-bond donors (Lipinski definition) is 2. The lowest BCUT2D eigenvalue weighted by Gasteiger charge is -2.12. The monoisotopic (exact) mass is 496 g/mol. The third-order valence-corrected chi connectivity index (χ3v) is 6.34. The van der Waals surface area contributed by atoms with Crippen molar-refractivity contribution in [1.82, 2.24) is 24.1 Å². The van der Waals surface area contributed by atoms with Crippen LogP contribution in [0.4, 0.5) is 14.5 Å². The molecule has 0 unspecified atom stereocenters. The molecule has 5 rings (SSSR count). The molecule has 2 aromatic carbocycles. The van der Waals surface area contributed by atoms with Crippen LogP contribution in [-0.4, -0.2) is 36.6 Å². The number of hydrogen-bond acceptors (Lipinski definition) is 5. The van der Waals surface area contributed by atoms with Gasteiger partial charge in [0.15, 0.2) is 0 Å². The average Bonchev–Trinajstić information content (AvgIpc) is 3.47. The van der Waals surface area contributed by atoms with Crippen molar-refractivity contribution in [2.45, 2.75) is 38.3 Å². The molecular weight excluding hydrogens is 474 g/mol. The molecule has 2 aromatic heterocycles. The fraction of sp³-hybridized carbons (Fsp3) is 0.292. The van der Waals surface area contributed by atoms with E-state index >= 15 is 0 Å². The summed E-state index contributed by atoms with van der Waals surface area (Å²) in [5.41, 5.74) is -1.12. The van der Waals surface area contributed by atoms with Crippen molar-refractivity contribution in [3.63, 3.8) is 0 Å². The molecule has 0 aliphatic heterocycles. The van der Waals surface area contributed by atoms with Gasteiger partial charge in [0.2, 0.25) is 11.7 Å². The quantitative estimate of drug-likeness (QED) is 0.438. The van der Waals surface area contributed by atoms with E-state index in [2.05, 4.69) is 15.7 Å². The maximum Gasteiger partial charge on any atom is 0.352 e. The minimum absolute atomic E-state index is 0.0458. The summed E-state index contributed by atoms with van der Waals surface area (Å²) >= 11 is 0. The Morgan fingerprint density at radius 1 is 1.08 bits per heavy atom. The zero-order valence-corrected chi connectivity index (χ0v) is 19.3. The molecule has 2 amide bonds. The summed E-state index contributed by atoms with van der Waals surface area (Å²) < 4.78 is 30.4. The SMILES string of the molecule is Cn1c(=O)c2ccc(C(=O)NC3CCCC3)cc2n2c(=O)n(CC(=O)Nc3cc(F)ccc3F)nc12. The van der Waals surface area contributed by atoms with E-state index in [1.807, 2.05) is 0 Å². The van der Waals surface area contributed by atoms with Crippen LogP contribution in [0, 0.1) is 11.6 Å². The van der Waals surface area contributed by atoms with Crippen LogP contribution in [0.25, 0.3) is 16.7 Å². The van der Waals surface area contributed by atoms with Gasteiger partial charge >= 0.3 is 5.69 Å². The molecule has 2 N–H and O–H groups in total. The number of nitrogens with zero attached hydrogens (tertiary/aromatic N) is 4. The highest BCUT2D eigenvalue weighted by molar-refractivity contribution is 5.98. The van der Waals surface area contributed by atoms with Crippen molar-refractivity contribution in [1.29, 1.82) is 0 Å². The smallest absolute Gasteiger partial charge is 0.349 e. The molecule has 36 heavy (non-hydrogen) atoms. The van der Waals surface area contributed by atoms with Crippen molar-refractivity contribution in [3.05, 3.63) is 74.4 Å². The number of anilines is 1. The third-order valence-electron chi connectivity index (χ3n) is 6.34. The number of benzene rings is 2. The van der Waals surface area contributed by atoms with Gasteiger partial charge < -0.3 is 10.6 Å². The number of fused-ring (bicyclic) bond motifs is 3. The van der Waals surface area contributed by atoms with Gasteiger partial charge in [0, 0.05) is 24.7 Å². The second kappa shape index (κ2) is 9.02. The van der Waals surface area contributed by atoms with E-state index in [1.54, 1.807) is 0 Å². The zero-order valence-electron chi connectivity index (χ0n) is 19.3. The Labute approximate surface area is 202 Å². The topological polar surface area (TPSA) is 120 Å². The van der Waals surface area contributed by atoms with E-state index < -0.39 is 35.3 Å². The van der Waals surface area contributed by atoms with Crippen LogP contribution in [-0.2, 0) is 18.4 Å². The highest BCUT2D eigenvalue weighted by Gasteiger charge is 2.21. The maximum absolute atomic E-state index is 13.9. The predicted octanol–water partition coefficient (Wildman–Crippen LogP) is 1.94. The Kier molecular flexibility index (Phi) is 5.86. The molecule has 1 fully saturated rings. The molecule has 0 radical (unpaired) electrons. The Morgan fingerprint density at radius 3 is 2.58 bits per heavy atom. The van der Waals surface area contributed by atoms with E-state index in [-0.39, 0.29) is 39.9 Å². The van der Waals surface area contributed by atoms with E-state index in [1.165, 1.54) is 25.2 Å². The van der Waals surface area contributed by atoms with Gasteiger partial charge in [0.05, 0.1) is 16.6 Å². The lowest BCUT2D eigenvalue weighted by molar-refractivity contribution is -0.117. The summed E-state index contributed by atoms with van der Waals surface area (Å²) in [6, 6.07) is 7.12. The number of carbonyl (C=O) groups is 2. The van der Waals surface area contributed by atoms with Crippen molar-refractivity contribution in [2.24, 2.45) is 7.05 Å². The molecule has 1 saturated carbocycles. The number of halogens is 2. The average molecular weight is 496 g/mol. The molecular formula is C24H22F2N6O4. The van der Waals surface area contributed by atoms with Gasteiger partial charge in [-0.25, -0.2) is 22.7 Å². The van der Waals surface area contributed by atoms with Gasteiger partial charge in [-0.1, -0.05) is 12.8 Å². The van der Waals surface area contributed by atoms with Crippen molar-refractivity contribution < 1.29 is 18.4 Å². The number of aromatic nitrogens is 4. The Bertz CT molecular complexity index is 1650. The Balaban J connectivity index is 1.53. The molecule has 1 aliphatic carbocycles. The maximum atomic E-state index is 13.9. The highest BCUT2D eigenvalue weighted by atomic mass is 19.1. The number of rotatable bonds is 5. The van der Waals surface area contributed by atoms with Gasteiger partial charge in [-0.3, -0.25) is 19.0 Å². The molecule has 1 aliphatic rings. The highest BCUT2D eigenvalue weighted by Crippen LogP contribution is 2.19. The van der Waals surface area contributed by atoms with Gasteiger partial charge in [0.25, 0.3) is 11.5 Å². The molecule has 0 saturated heterocycles. The molecule has 0 atom stereocenters. The first kappa shape index (κ1) is 23.4. The second-order valence-corrected chi connectivity index (χ2v) is 8.80. The first-order chi connectivity index (χ1) is 17.2. The summed E-state index contributed by atoms with van der Waals surface area (Å²) in [5, 5.41) is 9.47. The standard InChI is InChI=1S/C24H22F2N6O4/c1-30-22(35)16-8-6-13(21(34)27-15-4-2-3-5-15)10-19(16)32-23(30)29-31(24(32)36)12-20(33)28-18-11-14(25)7-9-17(18)26/h6-11,15H,2-5,12H2,1H3,(H,27,34)(H,28,33). The lowest BCUT2D eigenvalue weighted by atomic mass is 10.1. The van der Waals surface area contributed by atoms with Crippen molar-refractivity contribution in [2.75, 3.05) is 5.32 Å². The normalized spacial score (nSPS) is 14.0. The molecule has 0 spiro atoms. The van der Waals surface area contributed by atoms with Crippen LogP contribution in [0.2, 0.25) is 0 Å². The summed E-state index contributed by atoms with van der Waals surface area (Å²) in [6.45, 7) is -0.617. The van der Waals surface area contributed by atoms with E-state index in [0.717, 1.165) is 57.5 Å². The van der Waals surface area contributed by atoms with Crippen molar-refractivity contribution in [3.8, 4) is 0 Å². The van der Waals surface area contributed by atoms with Crippen LogP contribution in [0.3, 0.4) is 0 Å². The number of amides is 2. The van der Waals surface area contributed by atoms with Crippen LogP contribution in [0.15, 0.2) is 46.0 Å². The number of carbonyl (C=O) groups excluding carboxylic acids is 2. The molecule has 2 heterocycles. The fourth-order valence-electron chi connectivity index (χ4n) is 4.50. The summed E-state index contributed by atoms with van der Waals surface area (Å²) in [6.07, 6.45) is 3.90. The van der Waals surface area contributed by atoms with Gasteiger partial charge in [-0.15, -0.1) is 5.10 Å². The lowest BCUT2D eigenvalue weighted by Crippen LogP contribution is -2.33. The van der Waals surface area contributed by atoms with Crippen LogP contribution in [0.5, 0.6) is 0 Å². The Hall–Kier alpha value is -4.35. The third kappa shape index (κ3) is 4.14. The van der Waals surface area contributed by atoms with Crippen LogP contribution in [0.1, 0.15) is 36.0 Å².